The first-order valence-corrected chi connectivity index (χ1v) is 7.29. The largest absolute Gasteiger partial charge is 0.494 e. The quantitative estimate of drug-likeness (QED) is 0.902. The van der Waals surface area contributed by atoms with Gasteiger partial charge in [0, 0.05) is 30.5 Å². The number of methoxy groups -OCH3 is 1. The standard InChI is InChI=1S/C16H16Cl2N2O2/c1-20(2)12-6-4-11(5-7-12)19-16(21)13-8-10(17)9-14(18)15(13)22-3/h4-9H,1-3H3,(H,19,21). The number of amides is 1. The predicted molar refractivity (Wildman–Crippen MR) is 91.7 cm³/mol. The van der Waals surface area contributed by atoms with Crippen LogP contribution in [0.3, 0.4) is 0 Å². The van der Waals surface area contributed by atoms with Gasteiger partial charge in [-0.1, -0.05) is 23.2 Å². The summed E-state index contributed by atoms with van der Waals surface area (Å²) in [4.78, 5) is 14.4. The lowest BCUT2D eigenvalue weighted by Gasteiger charge is -2.14. The number of hydrogen-bond acceptors (Lipinski definition) is 3. The Bertz CT molecular complexity index is 685. The Hall–Kier alpha value is -1.91. The molecule has 0 heterocycles. The van der Waals surface area contributed by atoms with E-state index in [1.54, 1.807) is 0 Å². The summed E-state index contributed by atoms with van der Waals surface area (Å²) >= 11 is 12.0. The van der Waals surface area contributed by atoms with Gasteiger partial charge in [0.05, 0.1) is 17.7 Å². The summed E-state index contributed by atoms with van der Waals surface area (Å²) in [5.41, 5.74) is 2.01. The van der Waals surface area contributed by atoms with E-state index in [0.29, 0.717) is 21.5 Å². The first-order chi connectivity index (χ1) is 10.4. The van der Waals surface area contributed by atoms with Crippen molar-refractivity contribution in [2.75, 3.05) is 31.4 Å². The monoisotopic (exact) mass is 338 g/mol. The maximum Gasteiger partial charge on any atom is 0.259 e. The van der Waals surface area contributed by atoms with Gasteiger partial charge in [0.1, 0.15) is 5.75 Å². The van der Waals surface area contributed by atoms with Crippen LogP contribution in [0.15, 0.2) is 36.4 Å². The number of anilines is 2. The van der Waals surface area contributed by atoms with E-state index < -0.39 is 0 Å². The van der Waals surface area contributed by atoms with Crippen molar-refractivity contribution in [1.82, 2.24) is 0 Å². The van der Waals surface area contributed by atoms with Gasteiger partial charge in [-0.25, -0.2) is 0 Å². The molecule has 6 heteroatoms. The van der Waals surface area contributed by atoms with Gasteiger partial charge in [-0.15, -0.1) is 0 Å². The molecule has 2 aromatic carbocycles. The molecule has 4 nitrogen and oxygen atoms in total. The van der Waals surface area contributed by atoms with Crippen molar-refractivity contribution >= 4 is 40.5 Å². The minimum absolute atomic E-state index is 0.289. The lowest BCUT2D eigenvalue weighted by molar-refractivity contribution is 0.102. The number of rotatable bonds is 4. The van der Waals surface area contributed by atoms with Crippen LogP contribution >= 0.6 is 23.2 Å². The first kappa shape index (κ1) is 16.5. The zero-order valence-corrected chi connectivity index (χ0v) is 14.0. The topological polar surface area (TPSA) is 41.6 Å². The number of nitrogens with zero attached hydrogens (tertiary/aromatic N) is 1. The Morgan fingerprint density at radius 2 is 1.77 bits per heavy atom. The van der Waals surface area contributed by atoms with Gasteiger partial charge in [-0.2, -0.15) is 0 Å². The highest BCUT2D eigenvalue weighted by atomic mass is 35.5. The van der Waals surface area contributed by atoms with Crippen molar-refractivity contribution in [2.24, 2.45) is 0 Å². The fourth-order valence-corrected chi connectivity index (χ4v) is 2.55. The fraction of sp³-hybridized carbons (Fsp3) is 0.188. The molecule has 0 aliphatic rings. The summed E-state index contributed by atoms with van der Waals surface area (Å²) in [5.74, 6) is -0.0349. The molecule has 2 rings (SSSR count). The minimum Gasteiger partial charge on any atom is -0.494 e. The number of nitrogens with one attached hydrogen (secondary N) is 1. The summed E-state index contributed by atoms with van der Waals surface area (Å²) in [6.45, 7) is 0. The van der Waals surface area contributed by atoms with Crippen LogP contribution in [0.1, 0.15) is 10.4 Å². The lowest BCUT2D eigenvalue weighted by Crippen LogP contribution is -2.14. The molecule has 1 N–H and O–H groups in total. The number of carbonyl (C=O) groups excluding carboxylic acids is 1. The number of benzene rings is 2. The van der Waals surface area contributed by atoms with E-state index in [4.69, 9.17) is 27.9 Å². The molecule has 0 atom stereocenters. The fourth-order valence-electron chi connectivity index (χ4n) is 1.98. The molecular formula is C16H16Cl2N2O2. The van der Waals surface area contributed by atoms with E-state index in [0.717, 1.165) is 5.69 Å². The number of halogens is 2. The van der Waals surface area contributed by atoms with E-state index in [1.807, 2.05) is 43.3 Å². The van der Waals surface area contributed by atoms with Crippen molar-refractivity contribution in [3.63, 3.8) is 0 Å². The van der Waals surface area contributed by atoms with Crippen LogP contribution < -0.4 is 15.0 Å². The van der Waals surface area contributed by atoms with Crippen LogP contribution in [-0.4, -0.2) is 27.1 Å². The third-order valence-corrected chi connectivity index (χ3v) is 3.60. The summed E-state index contributed by atoms with van der Waals surface area (Å²) in [7, 11) is 5.36. The molecule has 0 aromatic heterocycles. The lowest BCUT2D eigenvalue weighted by atomic mass is 10.1. The Kier molecular flexibility index (Phi) is 5.16. The van der Waals surface area contributed by atoms with Crippen LogP contribution in [0.4, 0.5) is 11.4 Å². The smallest absolute Gasteiger partial charge is 0.259 e. The zero-order valence-electron chi connectivity index (χ0n) is 12.5. The summed E-state index contributed by atoms with van der Waals surface area (Å²) in [6.07, 6.45) is 0. The SMILES string of the molecule is COc1c(Cl)cc(Cl)cc1C(=O)Nc1ccc(N(C)C)cc1. The van der Waals surface area contributed by atoms with E-state index in [2.05, 4.69) is 5.32 Å². The number of ether oxygens (including phenoxy) is 1. The third-order valence-electron chi connectivity index (χ3n) is 3.10. The normalized spacial score (nSPS) is 10.2. The van der Waals surface area contributed by atoms with Crippen molar-refractivity contribution < 1.29 is 9.53 Å². The first-order valence-electron chi connectivity index (χ1n) is 6.54. The van der Waals surface area contributed by atoms with E-state index in [-0.39, 0.29) is 11.5 Å². The molecule has 2 aromatic rings. The Labute approximate surface area is 139 Å². The second-order valence-electron chi connectivity index (χ2n) is 4.86. The predicted octanol–water partition coefficient (Wildman–Crippen LogP) is 4.32. The molecule has 0 bridgehead atoms. The average molecular weight is 339 g/mol. The summed E-state index contributed by atoms with van der Waals surface area (Å²) < 4.78 is 5.18. The van der Waals surface area contributed by atoms with E-state index in [9.17, 15) is 4.79 Å². The second-order valence-corrected chi connectivity index (χ2v) is 5.71. The van der Waals surface area contributed by atoms with Gasteiger partial charge in [-0.3, -0.25) is 4.79 Å². The summed E-state index contributed by atoms with van der Waals surface area (Å²) in [5, 5.41) is 3.47. The molecule has 0 fully saturated rings. The molecule has 0 unspecified atom stereocenters. The van der Waals surface area contributed by atoms with E-state index in [1.165, 1.54) is 19.2 Å². The zero-order chi connectivity index (χ0) is 16.3. The highest BCUT2D eigenvalue weighted by molar-refractivity contribution is 6.36. The summed E-state index contributed by atoms with van der Waals surface area (Å²) in [6, 6.07) is 10.5. The van der Waals surface area contributed by atoms with Crippen LogP contribution in [0.25, 0.3) is 0 Å². The van der Waals surface area contributed by atoms with Crippen molar-refractivity contribution in [2.45, 2.75) is 0 Å². The molecule has 116 valence electrons. The molecule has 1 amide bonds. The van der Waals surface area contributed by atoms with Gasteiger partial charge < -0.3 is 15.0 Å². The Balaban J connectivity index is 2.25. The van der Waals surface area contributed by atoms with Gasteiger partial charge >= 0.3 is 0 Å². The molecule has 0 spiro atoms. The van der Waals surface area contributed by atoms with Gasteiger partial charge in [0.25, 0.3) is 5.91 Å². The van der Waals surface area contributed by atoms with Crippen LogP contribution in [0.5, 0.6) is 5.75 Å². The third kappa shape index (κ3) is 3.64. The molecule has 0 aliphatic heterocycles. The second kappa shape index (κ2) is 6.90. The van der Waals surface area contributed by atoms with Crippen molar-refractivity contribution in [3.05, 3.63) is 52.0 Å². The van der Waals surface area contributed by atoms with Crippen molar-refractivity contribution in [1.29, 1.82) is 0 Å². The maximum atomic E-state index is 12.4. The molecular weight excluding hydrogens is 323 g/mol. The van der Waals surface area contributed by atoms with Gasteiger partial charge in [0.2, 0.25) is 0 Å². The molecule has 0 aliphatic carbocycles. The van der Waals surface area contributed by atoms with Crippen molar-refractivity contribution in [3.8, 4) is 5.75 Å². The number of carbonyl (C=O) groups is 1. The van der Waals surface area contributed by atoms with Crippen LogP contribution in [-0.2, 0) is 0 Å². The molecule has 0 saturated carbocycles. The molecule has 0 saturated heterocycles. The minimum atomic E-state index is -0.334. The Morgan fingerprint density at radius 1 is 1.14 bits per heavy atom. The van der Waals surface area contributed by atoms with E-state index >= 15 is 0 Å². The average Bonchev–Trinajstić information content (AvgIpc) is 2.47. The maximum absolute atomic E-state index is 12.4. The van der Waals surface area contributed by atoms with Crippen LogP contribution in [0, 0.1) is 0 Å². The molecule has 22 heavy (non-hydrogen) atoms. The van der Waals surface area contributed by atoms with Gasteiger partial charge in [-0.05, 0) is 36.4 Å². The highest BCUT2D eigenvalue weighted by Gasteiger charge is 2.17. The Morgan fingerprint density at radius 3 is 2.32 bits per heavy atom. The van der Waals surface area contributed by atoms with Crippen LogP contribution in [0.2, 0.25) is 10.0 Å². The number of hydrogen-bond donors (Lipinski definition) is 1. The highest BCUT2D eigenvalue weighted by Crippen LogP contribution is 2.32. The van der Waals surface area contributed by atoms with Gasteiger partial charge in [0.15, 0.2) is 0 Å². The molecule has 0 radical (unpaired) electrons.